The number of ether oxygens (including phenoxy) is 4. The van der Waals surface area contributed by atoms with Crippen molar-refractivity contribution >= 4 is 11.7 Å². The van der Waals surface area contributed by atoms with E-state index < -0.39 is 5.79 Å². The highest BCUT2D eigenvalue weighted by Crippen LogP contribution is 2.38. The molecule has 0 saturated carbocycles. The Labute approximate surface area is 134 Å². The maximum absolute atomic E-state index is 12.3. The summed E-state index contributed by atoms with van der Waals surface area (Å²) in [5, 5.41) is 2.88. The molecule has 2 saturated heterocycles. The number of rotatable bonds is 1. The Morgan fingerprint density at radius 2 is 1.83 bits per heavy atom. The Kier molecular flexibility index (Phi) is 3.18. The lowest BCUT2D eigenvalue weighted by atomic mass is 9.81. The third-order valence-corrected chi connectivity index (χ3v) is 4.42. The number of nitrogens with one attached hydrogen (secondary N) is 1. The first kappa shape index (κ1) is 14.6. The van der Waals surface area contributed by atoms with Crippen molar-refractivity contribution in [3.8, 4) is 11.5 Å². The molecule has 3 aliphatic heterocycles. The van der Waals surface area contributed by atoms with Crippen LogP contribution >= 0.6 is 0 Å². The summed E-state index contributed by atoms with van der Waals surface area (Å²) in [6, 6.07) is 5.24. The first-order chi connectivity index (χ1) is 10.9. The summed E-state index contributed by atoms with van der Waals surface area (Å²) in [6.45, 7) is 6.55. The van der Waals surface area contributed by atoms with E-state index in [0.717, 1.165) is 0 Å². The van der Waals surface area contributed by atoms with Crippen LogP contribution in [0.25, 0.3) is 0 Å². The van der Waals surface area contributed by atoms with E-state index in [0.29, 0.717) is 43.5 Å². The maximum atomic E-state index is 12.3. The molecule has 4 rings (SSSR count). The van der Waals surface area contributed by atoms with E-state index in [4.69, 9.17) is 18.9 Å². The molecule has 124 valence electrons. The number of fused-ring (bicyclic) bond motifs is 1. The Morgan fingerprint density at radius 3 is 2.57 bits per heavy atom. The molecule has 1 aromatic carbocycles. The molecule has 2 amide bonds. The molecule has 1 spiro atoms. The standard InChI is InChI=1S/C16H20N2O5/c1-15(2)22-8-16(9-23-15)6-18(7-16)14(19)17-11-3-4-12-13(5-11)21-10-20-12/h3-5H,6-10H2,1-2H3,(H,17,19). The molecule has 7 nitrogen and oxygen atoms in total. The predicted octanol–water partition coefficient (Wildman–Crippen LogP) is 2.03. The van der Waals surface area contributed by atoms with Crippen molar-refractivity contribution in [2.24, 2.45) is 5.41 Å². The van der Waals surface area contributed by atoms with E-state index in [2.05, 4.69) is 5.32 Å². The summed E-state index contributed by atoms with van der Waals surface area (Å²) in [5.74, 6) is 0.824. The monoisotopic (exact) mass is 320 g/mol. The van der Waals surface area contributed by atoms with E-state index in [9.17, 15) is 4.79 Å². The largest absolute Gasteiger partial charge is 0.454 e. The number of likely N-dealkylation sites (tertiary alicyclic amines) is 1. The minimum absolute atomic E-state index is 0.0677. The van der Waals surface area contributed by atoms with Gasteiger partial charge in [0.25, 0.3) is 0 Å². The second-order valence-corrected chi connectivity index (χ2v) is 6.83. The summed E-state index contributed by atoms with van der Waals surface area (Å²) in [7, 11) is 0. The van der Waals surface area contributed by atoms with Gasteiger partial charge >= 0.3 is 6.03 Å². The zero-order chi connectivity index (χ0) is 16.1. The van der Waals surface area contributed by atoms with Gasteiger partial charge in [0.15, 0.2) is 17.3 Å². The first-order valence-corrected chi connectivity index (χ1v) is 7.68. The quantitative estimate of drug-likeness (QED) is 0.857. The van der Waals surface area contributed by atoms with Gasteiger partial charge in [0.2, 0.25) is 6.79 Å². The molecule has 3 heterocycles. The van der Waals surface area contributed by atoms with Gasteiger partial charge in [-0.25, -0.2) is 4.79 Å². The Bertz CT molecular complexity index is 627. The highest BCUT2D eigenvalue weighted by Gasteiger charge is 2.50. The fourth-order valence-electron chi connectivity index (χ4n) is 3.00. The number of anilines is 1. The summed E-state index contributed by atoms with van der Waals surface area (Å²) >= 11 is 0. The van der Waals surface area contributed by atoms with E-state index in [-0.39, 0.29) is 18.2 Å². The van der Waals surface area contributed by atoms with E-state index >= 15 is 0 Å². The maximum Gasteiger partial charge on any atom is 0.321 e. The second-order valence-electron chi connectivity index (χ2n) is 6.83. The average Bonchev–Trinajstić information content (AvgIpc) is 2.93. The number of carbonyl (C=O) groups excluding carboxylic acids is 1. The minimum Gasteiger partial charge on any atom is -0.454 e. The molecule has 0 atom stereocenters. The predicted molar refractivity (Wildman–Crippen MR) is 81.6 cm³/mol. The SMILES string of the molecule is CC1(C)OCC2(CO1)CN(C(=O)Nc1ccc3c(c1)OCO3)C2. The van der Waals surface area contributed by atoms with Crippen LogP contribution in [-0.2, 0) is 9.47 Å². The van der Waals surface area contributed by atoms with Crippen molar-refractivity contribution in [2.75, 3.05) is 38.4 Å². The zero-order valence-electron chi connectivity index (χ0n) is 13.3. The van der Waals surface area contributed by atoms with Crippen LogP contribution in [-0.4, -0.2) is 49.8 Å². The number of carbonyl (C=O) groups is 1. The fraction of sp³-hybridized carbons (Fsp3) is 0.562. The molecule has 1 N–H and O–H groups in total. The molecular formula is C16H20N2O5. The summed E-state index contributed by atoms with van der Waals surface area (Å²) < 4.78 is 22.0. The van der Waals surface area contributed by atoms with Gasteiger partial charge in [-0.3, -0.25) is 0 Å². The van der Waals surface area contributed by atoms with Crippen molar-refractivity contribution in [1.29, 1.82) is 0 Å². The molecule has 23 heavy (non-hydrogen) atoms. The van der Waals surface area contributed by atoms with Gasteiger partial charge in [-0.1, -0.05) is 0 Å². The molecular weight excluding hydrogens is 300 g/mol. The van der Waals surface area contributed by atoms with E-state index in [1.165, 1.54) is 0 Å². The van der Waals surface area contributed by atoms with Gasteiger partial charge in [-0.15, -0.1) is 0 Å². The topological polar surface area (TPSA) is 69.3 Å². The molecule has 0 aromatic heterocycles. The van der Waals surface area contributed by atoms with Crippen LogP contribution in [0.3, 0.4) is 0 Å². The van der Waals surface area contributed by atoms with Gasteiger partial charge in [-0.2, -0.15) is 0 Å². The van der Waals surface area contributed by atoms with Crippen molar-refractivity contribution in [3.05, 3.63) is 18.2 Å². The smallest absolute Gasteiger partial charge is 0.321 e. The molecule has 0 bridgehead atoms. The van der Waals surface area contributed by atoms with E-state index in [1.54, 1.807) is 23.1 Å². The van der Waals surface area contributed by atoms with Crippen LogP contribution in [0.4, 0.5) is 10.5 Å². The zero-order valence-corrected chi connectivity index (χ0v) is 13.3. The highest BCUT2D eigenvalue weighted by atomic mass is 16.7. The molecule has 1 aromatic rings. The molecule has 0 aliphatic carbocycles. The third-order valence-electron chi connectivity index (χ3n) is 4.42. The van der Waals surface area contributed by atoms with Crippen molar-refractivity contribution in [3.63, 3.8) is 0 Å². The number of urea groups is 1. The van der Waals surface area contributed by atoms with Crippen LogP contribution < -0.4 is 14.8 Å². The fourth-order valence-corrected chi connectivity index (χ4v) is 3.00. The van der Waals surface area contributed by atoms with Crippen molar-refractivity contribution in [2.45, 2.75) is 19.6 Å². The number of hydrogen-bond acceptors (Lipinski definition) is 5. The lowest BCUT2D eigenvalue weighted by molar-refractivity contribution is -0.301. The number of hydrogen-bond donors (Lipinski definition) is 1. The molecule has 3 aliphatic rings. The van der Waals surface area contributed by atoms with Gasteiger partial charge in [0.1, 0.15) is 0 Å². The Hall–Kier alpha value is -1.99. The van der Waals surface area contributed by atoms with E-state index in [1.807, 2.05) is 13.8 Å². The lowest BCUT2D eigenvalue weighted by Crippen LogP contribution is -2.66. The number of benzene rings is 1. The van der Waals surface area contributed by atoms with Gasteiger partial charge in [-0.05, 0) is 26.0 Å². The number of nitrogens with zero attached hydrogens (tertiary/aromatic N) is 1. The summed E-state index contributed by atoms with van der Waals surface area (Å²) in [6.07, 6.45) is 0. The highest BCUT2D eigenvalue weighted by molar-refractivity contribution is 5.90. The van der Waals surface area contributed by atoms with Crippen LogP contribution in [0.2, 0.25) is 0 Å². The third kappa shape index (κ3) is 2.70. The Morgan fingerprint density at radius 1 is 1.13 bits per heavy atom. The minimum atomic E-state index is -0.527. The van der Waals surface area contributed by atoms with Gasteiger partial charge in [0, 0.05) is 24.8 Å². The lowest BCUT2D eigenvalue weighted by Gasteiger charge is -2.53. The molecule has 2 fully saturated rings. The molecule has 0 unspecified atom stereocenters. The van der Waals surface area contributed by atoms with Crippen LogP contribution in [0, 0.1) is 5.41 Å². The van der Waals surface area contributed by atoms with Crippen LogP contribution in [0.1, 0.15) is 13.8 Å². The van der Waals surface area contributed by atoms with Crippen molar-refractivity contribution in [1.82, 2.24) is 4.90 Å². The molecule has 0 radical (unpaired) electrons. The molecule has 7 heteroatoms. The van der Waals surface area contributed by atoms with Crippen molar-refractivity contribution < 1.29 is 23.7 Å². The Balaban J connectivity index is 1.33. The summed E-state index contributed by atoms with van der Waals surface area (Å²) in [4.78, 5) is 14.1. The normalized spacial score (nSPS) is 23.5. The summed E-state index contributed by atoms with van der Waals surface area (Å²) in [5.41, 5.74) is 0.624. The van der Waals surface area contributed by atoms with Gasteiger partial charge < -0.3 is 29.2 Å². The number of amides is 2. The average molecular weight is 320 g/mol. The first-order valence-electron chi connectivity index (χ1n) is 7.68. The van der Waals surface area contributed by atoms with Gasteiger partial charge in [0.05, 0.1) is 18.6 Å². The second kappa shape index (κ2) is 5.01. The van der Waals surface area contributed by atoms with Crippen LogP contribution in [0.5, 0.6) is 11.5 Å². The van der Waals surface area contributed by atoms with Crippen LogP contribution in [0.15, 0.2) is 18.2 Å².